The van der Waals surface area contributed by atoms with E-state index in [-0.39, 0.29) is 18.0 Å². The van der Waals surface area contributed by atoms with Crippen LogP contribution >= 0.6 is 0 Å². The highest BCUT2D eigenvalue weighted by Crippen LogP contribution is 2.63. The third-order valence-electron chi connectivity index (χ3n) is 7.80. The monoisotopic (exact) mass is 497 g/mol. The predicted molar refractivity (Wildman–Crippen MR) is 121 cm³/mol. The molecule has 10 heteroatoms. The Bertz CT molecular complexity index is 1340. The molecule has 0 N–H and O–H groups in total. The number of hydrogen-bond acceptors (Lipinski definition) is 5. The lowest BCUT2D eigenvalue weighted by atomic mass is 9.63. The van der Waals surface area contributed by atoms with Gasteiger partial charge in [-0.15, -0.1) is 0 Å². The zero-order chi connectivity index (χ0) is 26.2. The number of carbonyl (C=O) groups excluding carboxylic acids is 3. The van der Waals surface area contributed by atoms with Gasteiger partial charge in [0.25, 0.3) is 0 Å². The molecule has 36 heavy (non-hydrogen) atoms. The SMILES string of the molecule is CN(C(=O)[C@@H]1CC2(C)OC1(C)C1C(=O)N(c3ccc(C#N)c(C(F)(F)F)c3)C(=O)[C@@H]12)c1ccccc1. The third-order valence-corrected chi connectivity index (χ3v) is 7.80. The van der Waals surface area contributed by atoms with E-state index in [1.165, 1.54) is 11.0 Å². The molecule has 2 aromatic rings. The minimum Gasteiger partial charge on any atom is -0.367 e. The van der Waals surface area contributed by atoms with E-state index in [0.717, 1.165) is 17.0 Å². The summed E-state index contributed by atoms with van der Waals surface area (Å²) in [6.07, 6.45) is -4.66. The number of nitriles is 1. The Balaban J connectivity index is 1.52. The maximum Gasteiger partial charge on any atom is 0.417 e. The Morgan fingerprint density at radius 3 is 2.36 bits per heavy atom. The van der Waals surface area contributed by atoms with Gasteiger partial charge in [-0.05, 0) is 50.6 Å². The minimum atomic E-state index is -4.84. The van der Waals surface area contributed by atoms with Crippen molar-refractivity contribution in [1.82, 2.24) is 0 Å². The summed E-state index contributed by atoms with van der Waals surface area (Å²) in [5.41, 5.74) is -3.90. The first-order valence-electron chi connectivity index (χ1n) is 11.4. The molecule has 3 aliphatic rings. The second-order valence-electron chi connectivity index (χ2n) is 9.89. The van der Waals surface area contributed by atoms with Crippen LogP contribution in [0, 0.1) is 29.1 Å². The van der Waals surface area contributed by atoms with Crippen molar-refractivity contribution in [1.29, 1.82) is 5.26 Å². The Morgan fingerprint density at radius 1 is 1.11 bits per heavy atom. The molecule has 2 aromatic carbocycles. The number of rotatable bonds is 3. The van der Waals surface area contributed by atoms with E-state index in [1.54, 1.807) is 45.2 Å². The molecule has 0 aliphatic carbocycles. The van der Waals surface area contributed by atoms with E-state index in [9.17, 15) is 27.6 Å². The average Bonchev–Trinajstić information content (AvgIpc) is 3.38. The number of fused-ring (bicyclic) bond motifs is 5. The lowest BCUT2D eigenvalue weighted by Gasteiger charge is -2.36. The number of anilines is 2. The molecule has 5 rings (SSSR count). The third kappa shape index (κ3) is 3.19. The number of hydrogen-bond donors (Lipinski definition) is 0. The molecule has 2 bridgehead atoms. The van der Waals surface area contributed by atoms with Crippen molar-refractivity contribution in [3.63, 3.8) is 0 Å². The minimum absolute atomic E-state index is 0.189. The van der Waals surface area contributed by atoms with Crippen LogP contribution in [0.4, 0.5) is 24.5 Å². The summed E-state index contributed by atoms with van der Waals surface area (Å²) in [5.74, 6) is -4.37. The fourth-order valence-electron chi connectivity index (χ4n) is 6.16. The summed E-state index contributed by atoms with van der Waals surface area (Å²) in [5, 5.41) is 9.08. The number of benzene rings is 2. The zero-order valence-electron chi connectivity index (χ0n) is 19.7. The molecule has 3 heterocycles. The molecule has 0 radical (unpaired) electrons. The van der Waals surface area contributed by atoms with Gasteiger partial charge in [0.1, 0.15) is 0 Å². The van der Waals surface area contributed by atoms with Crippen molar-refractivity contribution in [3.8, 4) is 6.07 Å². The summed E-state index contributed by atoms with van der Waals surface area (Å²) in [7, 11) is 1.62. The van der Waals surface area contributed by atoms with Crippen molar-refractivity contribution < 1.29 is 32.3 Å². The number of ether oxygens (including phenoxy) is 1. The van der Waals surface area contributed by atoms with Crippen molar-refractivity contribution in [2.24, 2.45) is 17.8 Å². The Labute approximate surface area is 205 Å². The fourth-order valence-corrected chi connectivity index (χ4v) is 6.16. The van der Waals surface area contributed by atoms with Crippen molar-refractivity contribution in [3.05, 3.63) is 59.7 Å². The maximum absolute atomic E-state index is 13.6. The summed E-state index contributed by atoms with van der Waals surface area (Å²) in [6.45, 7) is 3.29. The predicted octanol–water partition coefficient (Wildman–Crippen LogP) is 3.91. The maximum atomic E-state index is 13.6. The summed E-state index contributed by atoms with van der Waals surface area (Å²) in [4.78, 5) is 42.8. The van der Waals surface area contributed by atoms with Gasteiger partial charge in [0.05, 0.1) is 51.8 Å². The molecule has 7 nitrogen and oxygen atoms in total. The number of imide groups is 1. The number of halogens is 3. The summed E-state index contributed by atoms with van der Waals surface area (Å²) < 4.78 is 46.8. The Kier molecular flexibility index (Phi) is 5.10. The molecule has 0 spiro atoms. The first kappa shape index (κ1) is 24.0. The molecule has 5 atom stereocenters. The molecule has 3 aliphatic heterocycles. The lowest BCUT2D eigenvalue weighted by Crippen LogP contribution is -2.52. The Hall–Kier alpha value is -3.71. The van der Waals surface area contributed by atoms with E-state index >= 15 is 0 Å². The first-order chi connectivity index (χ1) is 16.8. The second kappa shape index (κ2) is 7.64. The van der Waals surface area contributed by atoms with E-state index in [1.807, 2.05) is 6.07 Å². The molecule has 3 amide bonds. The summed E-state index contributed by atoms with van der Waals surface area (Å²) in [6, 6.07) is 13.2. The van der Waals surface area contributed by atoms with E-state index in [0.29, 0.717) is 11.8 Å². The van der Waals surface area contributed by atoms with Crippen LogP contribution < -0.4 is 9.80 Å². The van der Waals surface area contributed by atoms with Gasteiger partial charge in [0, 0.05) is 12.7 Å². The molecule has 186 valence electrons. The number of nitrogens with zero attached hydrogens (tertiary/aromatic N) is 3. The zero-order valence-corrected chi connectivity index (χ0v) is 19.7. The fraction of sp³-hybridized carbons (Fsp3) is 0.385. The highest BCUT2D eigenvalue weighted by Gasteiger charge is 2.77. The van der Waals surface area contributed by atoms with Gasteiger partial charge in [-0.2, -0.15) is 18.4 Å². The molecular formula is C26H22F3N3O4. The van der Waals surface area contributed by atoms with Crippen molar-refractivity contribution in [2.75, 3.05) is 16.8 Å². The standard InChI is InChI=1S/C26H22F3N3O4/c1-24-12-18(21(33)31(3)15-7-5-4-6-8-15)25(2,36-24)20-19(24)22(34)32(23(20)35)16-10-9-14(13-30)17(11-16)26(27,28)29/h4-11,18-20H,12H2,1-3H3/t18-,19+,20?,24?,25?/m0/s1. The largest absolute Gasteiger partial charge is 0.417 e. The molecule has 0 aromatic heterocycles. The molecule has 3 fully saturated rings. The van der Waals surface area contributed by atoms with Crippen LogP contribution in [0.15, 0.2) is 48.5 Å². The molecular weight excluding hydrogens is 475 g/mol. The topological polar surface area (TPSA) is 90.7 Å². The number of para-hydroxylation sites is 1. The molecule has 0 saturated carbocycles. The number of carbonyl (C=O) groups is 3. The average molecular weight is 497 g/mol. The first-order valence-corrected chi connectivity index (χ1v) is 11.4. The molecule has 3 unspecified atom stereocenters. The second-order valence-corrected chi connectivity index (χ2v) is 9.89. The number of alkyl halides is 3. The van der Waals surface area contributed by atoms with Gasteiger partial charge in [0.15, 0.2) is 0 Å². The van der Waals surface area contributed by atoms with Gasteiger partial charge >= 0.3 is 6.18 Å². The van der Waals surface area contributed by atoms with Crippen LogP contribution in [0.3, 0.4) is 0 Å². The van der Waals surface area contributed by atoms with Gasteiger partial charge < -0.3 is 9.64 Å². The van der Waals surface area contributed by atoms with E-state index in [4.69, 9.17) is 10.00 Å². The normalized spacial score (nSPS) is 30.9. The number of amides is 3. The van der Waals surface area contributed by atoms with Crippen molar-refractivity contribution in [2.45, 2.75) is 37.6 Å². The lowest BCUT2D eigenvalue weighted by molar-refractivity contribution is -0.138. The Morgan fingerprint density at radius 2 is 1.75 bits per heavy atom. The highest BCUT2D eigenvalue weighted by atomic mass is 19.4. The van der Waals surface area contributed by atoms with Crippen LogP contribution in [0.5, 0.6) is 0 Å². The van der Waals surface area contributed by atoms with Gasteiger partial charge in [-0.25, -0.2) is 4.90 Å². The van der Waals surface area contributed by atoms with Crippen LogP contribution in [0.2, 0.25) is 0 Å². The van der Waals surface area contributed by atoms with Crippen LogP contribution in [-0.4, -0.2) is 36.0 Å². The van der Waals surface area contributed by atoms with Gasteiger partial charge in [-0.3, -0.25) is 14.4 Å². The van der Waals surface area contributed by atoms with Crippen LogP contribution in [0.25, 0.3) is 0 Å². The van der Waals surface area contributed by atoms with Gasteiger partial charge in [0.2, 0.25) is 17.7 Å². The quantitative estimate of drug-likeness (QED) is 0.600. The highest BCUT2D eigenvalue weighted by molar-refractivity contribution is 6.23. The molecule has 3 saturated heterocycles. The smallest absolute Gasteiger partial charge is 0.367 e. The van der Waals surface area contributed by atoms with E-state index in [2.05, 4.69) is 0 Å². The van der Waals surface area contributed by atoms with E-state index < -0.39 is 58.1 Å². The van der Waals surface area contributed by atoms with Crippen molar-refractivity contribution >= 4 is 29.1 Å². The van der Waals surface area contributed by atoms with Gasteiger partial charge in [-0.1, -0.05) is 18.2 Å². The van der Waals surface area contributed by atoms with Crippen LogP contribution in [-0.2, 0) is 25.3 Å². The van der Waals surface area contributed by atoms with Crippen LogP contribution in [0.1, 0.15) is 31.4 Å². The summed E-state index contributed by atoms with van der Waals surface area (Å²) >= 11 is 0.